The van der Waals surface area contributed by atoms with Crippen molar-refractivity contribution in [2.24, 2.45) is 0 Å². The van der Waals surface area contributed by atoms with Crippen LogP contribution in [0.1, 0.15) is 22.6 Å². The first-order chi connectivity index (χ1) is 18.1. The largest absolute Gasteiger partial charge is 0.497 e. The third-order valence-corrected chi connectivity index (χ3v) is 6.78. The first kappa shape index (κ1) is 24.3. The molecule has 187 valence electrons. The van der Waals surface area contributed by atoms with E-state index in [0.29, 0.717) is 30.2 Å². The summed E-state index contributed by atoms with van der Waals surface area (Å²) in [6, 6.07) is 28.4. The minimum Gasteiger partial charge on any atom is -0.497 e. The van der Waals surface area contributed by atoms with Gasteiger partial charge in [0.05, 0.1) is 19.9 Å². The van der Waals surface area contributed by atoms with Gasteiger partial charge in [-0.25, -0.2) is 4.79 Å². The van der Waals surface area contributed by atoms with Gasteiger partial charge in [0.15, 0.2) is 5.75 Å². The molecule has 0 aromatic heterocycles. The highest BCUT2D eigenvalue weighted by molar-refractivity contribution is 5.90. The van der Waals surface area contributed by atoms with Gasteiger partial charge in [-0.2, -0.15) is 0 Å². The average Bonchev–Trinajstić information content (AvgIpc) is 3.26. The van der Waals surface area contributed by atoms with Gasteiger partial charge in [0.2, 0.25) is 0 Å². The molecular formula is C31H28NO5. The fourth-order valence-electron chi connectivity index (χ4n) is 4.89. The van der Waals surface area contributed by atoms with E-state index >= 15 is 0 Å². The number of rotatable bonds is 8. The predicted molar refractivity (Wildman–Crippen MR) is 142 cm³/mol. The van der Waals surface area contributed by atoms with E-state index in [1.54, 1.807) is 49.5 Å². The van der Waals surface area contributed by atoms with Crippen molar-refractivity contribution < 1.29 is 24.1 Å². The predicted octanol–water partition coefficient (Wildman–Crippen LogP) is 6.85. The van der Waals surface area contributed by atoms with Gasteiger partial charge in [0.25, 0.3) is 0 Å². The van der Waals surface area contributed by atoms with Crippen molar-refractivity contribution >= 4 is 11.8 Å². The van der Waals surface area contributed by atoms with Gasteiger partial charge in [0.1, 0.15) is 18.1 Å². The van der Waals surface area contributed by atoms with E-state index in [4.69, 9.17) is 14.2 Å². The molecule has 0 N–H and O–H groups in total. The maximum Gasteiger partial charge on any atom is 0.414 e. The van der Waals surface area contributed by atoms with Gasteiger partial charge in [-0.3, -0.25) is 10.0 Å². The maximum absolute atomic E-state index is 13.6. The summed E-state index contributed by atoms with van der Waals surface area (Å²) in [5.74, 6) is 1.04. The third-order valence-electron chi connectivity index (χ3n) is 6.78. The number of ether oxygens (including phenoxy) is 3. The molecule has 0 unspecified atom stereocenters. The topological polar surface area (TPSA) is 67.9 Å². The fraction of sp³-hybridized carbons (Fsp3) is 0.194. The van der Waals surface area contributed by atoms with Crippen molar-refractivity contribution in [2.75, 3.05) is 32.3 Å². The lowest BCUT2D eigenvalue weighted by molar-refractivity contribution is 0.150. The minimum atomic E-state index is -0.467. The average molecular weight is 495 g/mol. The Morgan fingerprint density at radius 3 is 2.08 bits per heavy atom. The lowest BCUT2D eigenvalue weighted by atomic mass is 9.98. The molecule has 5 rings (SSSR count). The van der Waals surface area contributed by atoms with Crippen LogP contribution in [0.15, 0.2) is 91.0 Å². The van der Waals surface area contributed by atoms with Crippen LogP contribution in [0.5, 0.6) is 17.2 Å². The number of hydrogen-bond donors (Lipinski definition) is 0. The van der Waals surface area contributed by atoms with E-state index in [9.17, 15) is 9.90 Å². The number of carbonyl (C=O) groups is 1. The van der Waals surface area contributed by atoms with E-state index in [2.05, 4.69) is 24.3 Å². The Balaban J connectivity index is 1.40. The van der Waals surface area contributed by atoms with Gasteiger partial charge in [-0.15, -0.1) is 0 Å². The number of amides is 1. The summed E-state index contributed by atoms with van der Waals surface area (Å²) in [5.41, 5.74) is 6.19. The number of anilines is 1. The van der Waals surface area contributed by atoms with Crippen molar-refractivity contribution in [2.45, 2.75) is 12.3 Å². The maximum atomic E-state index is 13.6. The van der Waals surface area contributed by atoms with Crippen molar-refractivity contribution in [3.8, 4) is 28.4 Å². The van der Waals surface area contributed by atoms with Crippen molar-refractivity contribution in [1.29, 1.82) is 0 Å². The smallest absolute Gasteiger partial charge is 0.414 e. The van der Waals surface area contributed by atoms with Gasteiger partial charge in [-0.05, 0) is 58.5 Å². The zero-order chi connectivity index (χ0) is 25.8. The van der Waals surface area contributed by atoms with Gasteiger partial charge >= 0.3 is 6.09 Å². The highest BCUT2D eigenvalue weighted by Crippen LogP contribution is 2.44. The normalized spacial score (nSPS) is 11.9. The number of hydrogen-bond acceptors (Lipinski definition) is 4. The summed E-state index contributed by atoms with van der Waals surface area (Å²) in [4.78, 5) is 15.2. The second-order valence-electron chi connectivity index (χ2n) is 8.89. The second-order valence-corrected chi connectivity index (χ2v) is 8.89. The molecule has 6 nitrogen and oxygen atoms in total. The fourth-order valence-corrected chi connectivity index (χ4v) is 4.89. The molecule has 1 aliphatic rings. The molecule has 0 saturated heterocycles. The second kappa shape index (κ2) is 10.7. The van der Waals surface area contributed by atoms with Gasteiger partial charge in [0, 0.05) is 18.5 Å². The monoisotopic (exact) mass is 494 g/mol. The Labute approximate surface area is 216 Å². The van der Waals surface area contributed by atoms with Crippen LogP contribution in [0.3, 0.4) is 0 Å². The molecular weight excluding hydrogens is 466 g/mol. The summed E-state index contributed by atoms with van der Waals surface area (Å²) < 4.78 is 16.9. The molecule has 0 heterocycles. The van der Waals surface area contributed by atoms with Crippen LogP contribution in [0.25, 0.3) is 11.1 Å². The molecule has 4 aromatic carbocycles. The Kier molecular flexibility index (Phi) is 6.99. The zero-order valence-electron chi connectivity index (χ0n) is 20.8. The molecule has 0 aliphatic heterocycles. The summed E-state index contributed by atoms with van der Waals surface area (Å²) in [7, 11) is 3.14. The first-order valence-corrected chi connectivity index (χ1v) is 12.2. The van der Waals surface area contributed by atoms with Crippen LogP contribution < -0.4 is 14.4 Å². The van der Waals surface area contributed by atoms with Crippen LogP contribution >= 0.6 is 0 Å². The molecule has 1 radical (unpaired) electrons. The van der Waals surface area contributed by atoms with Crippen LogP contribution in [-0.4, -0.2) is 33.5 Å². The summed E-state index contributed by atoms with van der Waals surface area (Å²) in [5, 5.41) is 11.5. The van der Waals surface area contributed by atoms with Gasteiger partial charge in [-0.1, -0.05) is 60.7 Å². The van der Waals surface area contributed by atoms with E-state index < -0.39 is 6.09 Å². The first-order valence-electron chi connectivity index (χ1n) is 12.2. The summed E-state index contributed by atoms with van der Waals surface area (Å²) in [6.07, 6.45) is 0.0745. The number of fused-ring (bicyclic) bond motifs is 3. The van der Waals surface area contributed by atoms with Gasteiger partial charge < -0.3 is 14.2 Å². The Bertz CT molecular complexity index is 1350. The van der Waals surface area contributed by atoms with E-state index in [-0.39, 0.29) is 18.3 Å². The molecule has 6 heteroatoms. The van der Waals surface area contributed by atoms with Crippen LogP contribution in [0.2, 0.25) is 0 Å². The molecule has 0 fully saturated rings. The van der Waals surface area contributed by atoms with E-state index in [0.717, 1.165) is 16.7 Å². The van der Waals surface area contributed by atoms with Crippen molar-refractivity contribution in [1.82, 2.24) is 0 Å². The van der Waals surface area contributed by atoms with Crippen molar-refractivity contribution in [3.63, 3.8) is 0 Å². The van der Waals surface area contributed by atoms with Crippen LogP contribution in [-0.2, 0) is 16.3 Å². The minimum absolute atomic E-state index is 0.0411. The zero-order valence-corrected chi connectivity index (χ0v) is 20.8. The summed E-state index contributed by atoms with van der Waals surface area (Å²) >= 11 is 0. The molecule has 1 amide bonds. The highest BCUT2D eigenvalue weighted by Gasteiger charge is 2.30. The number of benzene rings is 4. The Morgan fingerprint density at radius 2 is 1.46 bits per heavy atom. The highest BCUT2D eigenvalue weighted by atomic mass is 16.6. The number of methoxy groups -OCH3 is 2. The Morgan fingerprint density at radius 1 is 0.811 bits per heavy atom. The molecule has 0 bridgehead atoms. The SMILES string of the molecule is COc1ccc(N(CCc2ccc([O])cc2)C(=O)OCC2c3ccccc3-c3ccccc32)c(OC)c1. The molecule has 4 aromatic rings. The van der Waals surface area contributed by atoms with Crippen LogP contribution in [0.4, 0.5) is 10.5 Å². The molecule has 0 spiro atoms. The standard InChI is InChI=1S/C31H28NO5/c1-35-23-15-16-29(30(19-23)36-2)32(18-17-21-11-13-22(33)14-12-21)31(34)37-20-28-26-9-5-3-7-24(26)25-8-4-6-10-27(25)28/h3-16,19,28H,17-18,20H2,1-2H3. The molecule has 1 aliphatic carbocycles. The number of nitrogens with zero attached hydrogens (tertiary/aromatic N) is 1. The lowest BCUT2D eigenvalue weighted by Gasteiger charge is -2.25. The van der Waals surface area contributed by atoms with Crippen LogP contribution in [0, 0.1) is 0 Å². The van der Waals surface area contributed by atoms with Crippen molar-refractivity contribution in [3.05, 3.63) is 108 Å². The molecule has 37 heavy (non-hydrogen) atoms. The summed E-state index contributed by atoms with van der Waals surface area (Å²) in [6.45, 7) is 0.560. The molecule has 0 atom stereocenters. The molecule has 0 saturated carbocycles. The quantitative estimate of drug-likeness (QED) is 0.269. The third kappa shape index (κ3) is 4.96. The number of carbonyl (C=O) groups excluding carboxylic acids is 1. The Hall–Kier alpha value is -4.45. The lowest BCUT2D eigenvalue weighted by Crippen LogP contribution is -2.34. The van der Waals surface area contributed by atoms with E-state index in [1.165, 1.54) is 23.3 Å². The van der Waals surface area contributed by atoms with E-state index in [1.807, 2.05) is 24.3 Å².